The quantitative estimate of drug-likeness (QED) is 0.941. The summed E-state index contributed by atoms with van der Waals surface area (Å²) in [7, 11) is 1.81. The first kappa shape index (κ1) is 14.4. The minimum absolute atomic E-state index is 0.158. The Kier molecular flexibility index (Phi) is 3.96. The summed E-state index contributed by atoms with van der Waals surface area (Å²) in [5.41, 5.74) is 3.33. The highest BCUT2D eigenvalue weighted by Gasteiger charge is 2.20. The van der Waals surface area contributed by atoms with Crippen molar-refractivity contribution in [1.82, 2.24) is 5.32 Å². The Morgan fingerprint density at radius 2 is 2.18 bits per heavy atom. The molecule has 22 heavy (non-hydrogen) atoms. The molecule has 3 rings (SSSR count). The van der Waals surface area contributed by atoms with E-state index in [9.17, 15) is 9.59 Å². The van der Waals surface area contributed by atoms with Gasteiger partial charge in [-0.1, -0.05) is 12.1 Å². The second kappa shape index (κ2) is 6.05. The number of aryl methyl sites for hydroxylation is 1. The van der Waals surface area contributed by atoms with Gasteiger partial charge in [0.2, 0.25) is 5.91 Å². The molecule has 1 N–H and O–H groups in total. The Balaban J connectivity index is 1.60. The lowest BCUT2D eigenvalue weighted by Crippen LogP contribution is -2.31. The summed E-state index contributed by atoms with van der Waals surface area (Å²) in [6.07, 6.45) is 3.57. The molecule has 0 atom stereocenters. The molecule has 114 valence electrons. The normalized spacial score (nSPS) is 13.9. The van der Waals surface area contributed by atoms with Crippen molar-refractivity contribution in [3.8, 4) is 0 Å². The van der Waals surface area contributed by atoms with Gasteiger partial charge in [-0.15, -0.1) is 0 Å². The molecule has 2 amide bonds. The van der Waals surface area contributed by atoms with Gasteiger partial charge in [0.25, 0.3) is 5.91 Å². The van der Waals surface area contributed by atoms with E-state index in [0.717, 1.165) is 24.1 Å². The lowest BCUT2D eigenvalue weighted by molar-refractivity contribution is -0.118. The van der Waals surface area contributed by atoms with Crippen LogP contribution < -0.4 is 10.2 Å². The van der Waals surface area contributed by atoms with E-state index in [-0.39, 0.29) is 11.8 Å². The number of carbonyl (C=O) groups is 2. The van der Waals surface area contributed by atoms with Crippen molar-refractivity contribution >= 4 is 17.5 Å². The number of fused-ring (bicyclic) bond motifs is 1. The van der Waals surface area contributed by atoms with Crippen LogP contribution in [0.3, 0.4) is 0 Å². The van der Waals surface area contributed by atoms with Crippen molar-refractivity contribution < 1.29 is 14.0 Å². The van der Waals surface area contributed by atoms with Crippen molar-refractivity contribution in [3.05, 3.63) is 53.5 Å². The highest BCUT2D eigenvalue weighted by Crippen LogP contribution is 2.27. The monoisotopic (exact) mass is 298 g/mol. The summed E-state index contributed by atoms with van der Waals surface area (Å²) in [5.74, 6) is 0.282. The minimum atomic E-state index is -0.201. The first-order valence-corrected chi connectivity index (χ1v) is 7.35. The van der Waals surface area contributed by atoms with Gasteiger partial charge in [0.05, 0.1) is 6.26 Å². The number of amides is 2. The molecule has 1 aromatic carbocycles. The highest BCUT2D eigenvalue weighted by molar-refractivity contribution is 5.95. The number of nitrogens with zero attached hydrogens (tertiary/aromatic N) is 1. The molecule has 0 spiro atoms. The Morgan fingerprint density at radius 3 is 2.95 bits per heavy atom. The second-order valence-electron chi connectivity index (χ2n) is 5.40. The number of furan rings is 1. The van der Waals surface area contributed by atoms with E-state index in [1.54, 1.807) is 17.0 Å². The Hall–Kier alpha value is -2.56. The fourth-order valence-electron chi connectivity index (χ4n) is 2.68. The molecule has 0 aliphatic carbocycles. The zero-order valence-corrected chi connectivity index (χ0v) is 12.5. The van der Waals surface area contributed by atoms with Crippen LogP contribution >= 0.6 is 0 Å². The van der Waals surface area contributed by atoms with Crippen LogP contribution in [-0.2, 0) is 17.6 Å². The van der Waals surface area contributed by atoms with Crippen molar-refractivity contribution in [3.63, 3.8) is 0 Å². The molecule has 5 heteroatoms. The van der Waals surface area contributed by atoms with Gasteiger partial charge >= 0.3 is 0 Å². The topological polar surface area (TPSA) is 62.6 Å². The molecule has 2 aromatic rings. The van der Waals surface area contributed by atoms with E-state index >= 15 is 0 Å². The maximum Gasteiger partial charge on any atom is 0.286 e. The third-order valence-corrected chi connectivity index (χ3v) is 3.93. The highest BCUT2D eigenvalue weighted by atomic mass is 16.3. The summed E-state index contributed by atoms with van der Waals surface area (Å²) in [5, 5.41) is 2.83. The third-order valence-electron chi connectivity index (χ3n) is 3.93. The summed E-state index contributed by atoms with van der Waals surface area (Å²) in [4.78, 5) is 25.1. The zero-order chi connectivity index (χ0) is 15.5. The average molecular weight is 298 g/mol. The molecule has 2 heterocycles. The first-order chi connectivity index (χ1) is 10.6. The van der Waals surface area contributed by atoms with Crippen LogP contribution in [0.2, 0.25) is 0 Å². The molecular weight excluding hydrogens is 280 g/mol. The van der Waals surface area contributed by atoms with Crippen LogP contribution in [0.4, 0.5) is 5.69 Å². The number of hydrogen-bond acceptors (Lipinski definition) is 3. The third kappa shape index (κ3) is 2.88. The van der Waals surface area contributed by atoms with E-state index in [4.69, 9.17) is 4.42 Å². The summed E-state index contributed by atoms with van der Waals surface area (Å²) in [6.45, 7) is 0.549. The van der Waals surface area contributed by atoms with Gasteiger partial charge in [0.15, 0.2) is 5.76 Å². The van der Waals surface area contributed by atoms with Gasteiger partial charge in [0, 0.05) is 25.7 Å². The summed E-state index contributed by atoms with van der Waals surface area (Å²) >= 11 is 0. The zero-order valence-electron chi connectivity index (χ0n) is 12.5. The number of rotatable bonds is 4. The first-order valence-electron chi connectivity index (χ1n) is 7.35. The van der Waals surface area contributed by atoms with Gasteiger partial charge in [-0.05, 0) is 42.2 Å². The maximum atomic E-state index is 11.8. The van der Waals surface area contributed by atoms with Gasteiger partial charge in [-0.2, -0.15) is 0 Å². The molecule has 0 unspecified atom stereocenters. The lowest BCUT2D eigenvalue weighted by Gasteiger charge is -2.26. The Bertz CT molecular complexity index is 692. The SMILES string of the molecule is CN1C(=O)CCc2cc(CCNC(=O)c3ccco3)ccc21. The van der Waals surface area contributed by atoms with Gasteiger partial charge in [-0.3, -0.25) is 9.59 Å². The van der Waals surface area contributed by atoms with Crippen LogP contribution in [0, 0.1) is 0 Å². The van der Waals surface area contributed by atoms with Crippen LogP contribution in [0.5, 0.6) is 0 Å². The number of hydrogen-bond donors (Lipinski definition) is 1. The van der Waals surface area contributed by atoms with E-state index in [2.05, 4.69) is 11.4 Å². The lowest BCUT2D eigenvalue weighted by atomic mass is 9.98. The van der Waals surface area contributed by atoms with Crippen LogP contribution in [-0.4, -0.2) is 25.4 Å². The predicted octanol–water partition coefficient (Wildman–Crippen LogP) is 2.16. The predicted molar refractivity (Wildman–Crippen MR) is 82.9 cm³/mol. The molecule has 0 saturated carbocycles. The number of carbonyl (C=O) groups excluding carboxylic acids is 2. The van der Waals surface area contributed by atoms with Crippen molar-refractivity contribution in [1.29, 1.82) is 0 Å². The van der Waals surface area contributed by atoms with Crippen LogP contribution in [0.15, 0.2) is 41.0 Å². The second-order valence-corrected chi connectivity index (χ2v) is 5.40. The van der Waals surface area contributed by atoms with Crippen LogP contribution in [0.25, 0.3) is 0 Å². The fourth-order valence-corrected chi connectivity index (χ4v) is 2.68. The van der Waals surface area contributed by atoms with E-state index in [0.29, 0.717) is 18.7 Å². The molecule has 1 aliphatic rings. The van der Waals surface area contributed by atoms with Crippen molar-refractivity contribution in [2.45, 2.75) is 19.3 Å². The number of anilines is 1. The molecule has 1 aliphatic heterocycles. The molecule has 0 saturated heterocycles. The molecule has 0 fully saturated rings. The van der Waals surface area contributed by atoms with Gasteiger partial charge in [0.1, 0.15) is 0 Å². The Labute approximate surface area is 128 Å². The van der Waals surface area contributed by atoms with Gasteiger partial charge < -0.3 is 14.6 Å². The minimum Gasteiger partial charge on any atom is -0.459 e. The fraction of sp³-hybridized carbons (Fsp3) is 0.294. The molecule has 0 radical (unpaired) electrons. The molecule has 1 aromatic heterocycles. The number of benzene rings is 1. The van der Waals surface area contributed by atoms with Crippen molar-refractivity contribution in [2.75, 3.05) is 18.5 Å². The largest absolute Gasteiger partial charge is 0.459 e. The Morgan fingerprint density at radius 1 is 1.32 bits per heavy atom. The van der Waals surface area contributed by atoms with E-state index in [1.807, 2.05) is 19.2 Å². The van der Waals surface area contributed by atoms with Crippen molar-refractivity contribution in [2.24, 2.45) is 0 Å². The van der Waals surface area contributed by atoms with E-state index < -0.39 is 0 Å². The molecule has 5 nitrogen and oxygen atoms in total. The maximum absolute atomic E-state index is 11.8. The summed E-state index contributed by atoms with van der Waals surface area (Å²) in [6, 6.07) is 9.44. The summed E-state index contributed by atoms with van der Waals surface area (Å²) < 4.78 is 5.04. The van der Waals surface area contributed by atoms with E-state index in [1.165, 1.54) is 11.8 Å². The number of nitrogens with one attached hydrogen (secondary N) is 1. The smallest absolute Gasteiger partial charge is 0.286 e. The standard InChI is InChI=1S/C17H18N2O3/c1-19-14-6-4-12(11-13(14)5-7-16(19)20)8-9-18-17(21)15-3-2-10-22-15/h2-4,6,10-11H,5,7-9H2,1H3,(H,18,21). The molecular formula is C17H18N2O3. The van der Waals surface area contributed by atoms with Gasteiger partial charge in [-0.25, -0.2) is 0 Å². The van der Waals surface area contributed by atoms with Crippen LogP contribution in [0.1, 0.15) is 28.1 Å². The average Bonchev–Trinajstić information content (AvgIpc) is 3.05. The molecule has 0 bridgehead atoms.